The van der Waals surface area contributed by atoms with Crippen molar-refractivity contribution in [3.05, 3.63) is 15.6 Å². The van der Waals surface area contributed by atoms with Crippen molar-refractivity contribution in [3.63, 3.8) is 0 Å². The molecule has 0 bridgehead atoms. The Balaban J connectivity index is 1.66. The van der Waals surface area contributed by atoms with Crippen molar-refractivity contribution in [2.24, 2.45) is 5.92 Å². The van der Waals surface area contributed by atoms with E-state index in [1.807, 2.05) is 11.3 Å². The second kappa shape index (κ2) is 5.08. The lowest BCUT2D eigenvalue weighted by atomic mass is 9.83. The normalized spacial score (nSPS) is 16.7. The van der Waals surface area contributed by atoms with Gasteiger partial charge in [-0.3, -0.25) is 0 Å². The van der Waals surface area contributed by atoms with E-state index in [2.05, 4.69) is 24.1 Å². The van der Waals surface area contributed by atoms with Gasteiger partial charge in [0, 0.05) is 11.4 Å². The highest BCUT2D eigenvalue weighted by atomic mass is 32.1. The van der Waals surface area contributed by atoms with E-state index in [1.165, 1.54) is 47.8 Å². The maximum atomic E-state index is 4.43. The van der Waals surface area contributed by atoms with Gasteiger partial charge < -0.3 is 5.32 Å². The Labute approximate surface area is 96.1 Å². The summed E-state index contributed by atoms with van der Waals surface area (Å²) in [6, 6.07) is 0. The molecule has 1 heterocycles. The van der Waals surface area contributed by atoms with Crippen molar-refractivity contribution in [1.29, 1.82) is 0 Å². The molecule has 0 unspecified atom stereocenters. The zero-order chi connectivity index (χ0) is 10.7. The van der Waals surface area contributed by atoms with Gasteiger partial charge in [-0.15, -0.1) is 11.3 Å². The average Bonchev–Trinajstić information content (AvgIpc) is 2.42. The lowest BCUT2D eigenvalue weighted by molar-refractivity contribution is 0.292. The van der Waals surface area contributed by atoms with Crippen molar-refractivity contribution in [3.8, 4) is 0 Å². The summed E-state index contributed by atoms with van der Waals surface area (Å²) >= 11 is 1.82. The molecule has 2 nitrogen and oxygen atoms in total. The number of nitrogens with one attached hydrogen (secondary N) is 1. The van der Waals surface area contributed by atoms with Crippen molar-refractivity contribution in [2.45, 2.75) is 46.1 Å². The standard InChI is InChI=1S/C12H20N2S/c1-9-12(15-10(2)14-9)8-13-7-6-11-4-3-5-11/h11,13H,3-8H2,1-2H3. The summed E-state index contributed by atoms with van der Waals surface area (Å²) in [5, 5.41) is 4.71. The van der Waals surface area contributed by atoms with Crippen molar-refractivity contribution in [2.75, 3.05) is 6.54 Å². The first-order valence-electron chi connectivity index (χ1n) is 5.89. The molecule has 0 atom stereocenters. The van der Waals surface area contributed by atoms with Crippen LogP contribution >= 0.6 is 11.3 Å². The van der Waals surface area contributed by atoms with E-state index in [1.54, 1.807) is 0 Å². The highest BCUT2D eigenvalue weighted by Crippen LogP contribution is 2.28. The van der Waals surface area contributed by atoms with Gasteiger partial charge in [0.25, 0.3) is 0 Å². The maximum Gasteiger partial charge on any atom is 0.0900 e. The SMILES string of the molecule is Cc1nc(C)c(CNCCC2CCC2)s1. The topological polar surface area (TPSA) is 24.9 Å². The monoisotopic (exact) mass is 224 g/mol. The number of thiazole rings is 1. The summed E-state index contributed by atoms with van der Waals surface area (Å²) in [6.45, 7) is 6.35. The van der Waals surface area contributed by atoms with E-state index in [-0.39, 0.29) is 0 Å². The van der Waals surface area contributed by atoms with Crippen LogP contribution in [0, 0.1) is 19.8 Å². The molecule has 1 fully saturated rings. The number of aryl methyl sites for hydroxylation is 2. The van der Waals surface area contributed by atoms with Gasteiger partial charge in [-0.25, -0.2) is 4.98 Å². The van der Waals surface area contributed by atoms with Crippen LogP contribution in [-0.4, -0.2) is 11.5 Å². The first-order valence-corrected chi connectivity index (χ1v) is 6.71. The number of hydrogen-bond acceptors (Lipinski definition) is 3. The molecule has 1 aliphatic carbocycles. The van der Waals surface area contributed by atoms with E-state index < -0.39 is 0 Å². The molecule has 0 amide bonds. The zero-order valence-electron chi connectivity index (χ0n) is 9.68. The van der Waals surface area contributed by atoms with Crippen molar-refractivity contribution < 1.29 is 0 Å². The maximum absolute atomic E-state index is 4.43. The van der Waals surface area contributed by atoms with Crippen LogP contribution in [0.3, 0.4) is 0 Å². The molecule has 1 aromatic rings. The van der Waals surface area contributed by atoms with Crippen LogP contribution in [-0.2, 0) is 6.54 Å². The first kappa shape index (κ1) is 11.1. The molecule has 1 aromatic heterocycles. The minimum atomic E-state index is 1.00. The lowest BCUT2D eigenvalue weighted by Gasteiger charge is -2.25. The summed E-state index contributed by atoms with van der Waals surface area (Å²) in [5.74, 6) is 1.02. The summed E-state index contributed by atoms with van der Waals surface area (Å²) in [4.78, 5) is 5.83. The summed E-state index contributed by atoms with van der Waals surface area (Å²) < 4.78 is 0. The Hall–Kier alpha value is -0.410. The fraction of sp³-hybridized carbons (Fsp3) is 0.750. The molecular formula is C12H20N2S. The van der Waals surface area contributed by atoms with E-state index in [0.717, 1.165) is 12.5 Å². The Morgan fingerprint density at radius 2 is 2.20 bits per heavy atom. The summed E-state index contributed by atoms with van der Waals surface area (Å²) in [5.41, 5.74) is 1.20. The fourth-order valence-corrected chi connectivity index (χ4v) is 2.93. The minimum Gasteiger partial charge on any atom is -0.312 e. The third-order valence-electron chi connectivity index (χ3n) is 3.24. The molecule has 84 valence electrons. The number of rotatable bonds is 5. The molecule has 0 spiro atoms. The van der Waals surface area contributed by atoms with Crippen LogP contribution in [0.5, 0.6) is 0 Å². The predicted octanol–water partition coefficient (Wildman–Crippen LogP) is 3.04. The minimum absolute atomic E-state index is 1.00. The molecule has 1 aliphatic rings. The quantitative estimate of drug-likeness (QED) is 0.778. The van der Waals surface area contributed by atoms with Gasteiger partial charge in [-0.2, -0.15) is 0 Å². The highest BCUT2D eigenvalue weighted by molar-refractivity contribution is 7.11. The largest absolute Gasteiger partial charge is 0.312 e. The molecule has 3 heteroatoms. The smallest absolute Gasteiger partial charge is 0.0900 e. The van der Waals surface area contributed by atoms with E-state index in [9.17, 15) is 0 Å². The van der Waals surface area contributed by atoms with Crippen LogP contribution < -0.4 is 5.32 Å². The third-order valence-corrected chi connectivity index (χ3v) is 4.31. The van der Waals surface area contributed by atoms with Gasteiger partial charge in [-0.1, -0.05) is 19.3 Å². The van der Waals surface area contributed by atoms with Gasteiger partial charge >= 0.3 is 0 Å². The van der Waals surface area contributed by atoms with Crippen molar-refractivity contribution in [1.82, 2.24) is 10.3 Å². The fourth-order valence-electron chi connectivity index (χ4n) is 2.03. The molecule has 15 heavy (non-hydrogen) atoms. The average molecular weight is 224 g/mol. The van der Waals surface area contributed by atoms with Crippen LogP contribution in [0.2, 0.25) is 0 Å². The molecule has 2 rings (SSSR count). The van der Waals surface area contributed by atoms with Gasteiger partial charge in [0.1, 0.15) is 0 Å². The second-order valence-corrected chi connectivity index (χ2v) is 5.79. The van der Waals surface area contributed by atoms with Crippen LogP contribution in [0.1, 0.15) is 41.3 Å². The summed E-state index contributed by atoms with van der Waals surface area (Å²) in [6.07, 6.45) is 5.73. The Bertz CT molecular complexity index is 315. The second-order valence-electron chi connectivity index (χ2n) is 4.50. The number of aromatic nitrogens is 1. The molecule has 1 saturated carbocycles. The number of hydrogen-bond donors (Lipinski definition) is 1. The molecule has 0 aliphatic heterocycles. The van der Waals surface area contributed by atoms with Crippen molar-refractivity contribution >= 4 is 11.3 Å². The van der Waals surface area contributed by atoms with Gasteiger partial charge in [0.05, 0.1) is 10.7 Å². The molecular weight excluding hydrogens is 204 g/mol. The molecule has 0 aromatic carbocycles. The van der Waals surface area contributed by atoms with E-state index >= 15 is 0 Å². The van der Waals surface area contributed by atoms with Gasteiger partial charge in [-0.05, 0) is 32.7 Å². The third kappa shape index (κ3) is 3.02. The van der Waals surface area contributed by atoms with E-state index in [0.29, 0.717) is 0 Å². The predicted molar refractivity (Wildman–Crippen MR) is 65.3 cm³/mol. The van der Waals surface area contributed by atoms with E-state index in [4.69, 9.17) is 0 Å². The summed E-state index contributed by atoms with van der Waals surface area (Å²) in [7, 11) is 0. The molecule has 1 N–H and O–H groups in total. The molecule has 0 radical (unpaired) electrons. The highest BCUT2D eigenvalue weighted by Gasteiger charge is 2.16. The number of nitrogens with zero attached hydrogens (tertiary/aromatic N) is 1. The Morgan fingerprint density at radius 3 is 2.73 bits per heavy atom. The van der Waals surface area contributed by atoms with Crippen LogP contribution in [0.15, 0.2) is 0 Å². The van der Waals surface area contributed by atoms with Gasteiger partial charge in [0.15, 0.2) is 0 Å². The van der Waals surface area contributed by atoms with Gasteiger partial charge in [0.2, 0.25) is 0 Å². The zero-order valence-corrected chi connectivity index (χ0v) is 10.5. The van der Waals surface area contributed by atoms with Crippen LogP contribution in [0.25, 0.3) is 0 Å². The first-order chi connectivity index (χ1) is 7.25. The Morgan fingerprint density at radius 1 is 1.40 bits per heavy atom. The lowest BCUT2D eigenvalue weighted by Crippen LogP contribution is -2.20. The Kier molecular flexibility index (Phi) is 3.76. The van der Waals surface area contributed by atoms with Crippen LogP contribution in [0.4, 0.5) is 0 Å². The molecule has 0 saturated heterocycles.